The molecule has 1 fully saturated rings. The number of rotatable bonds is 5. The molecule has 3 aromatic rings. The number of likely N-dealkylation sites (tertiary alicyclic amines) is 1. The Morgan fingerprint density at radius 3 is 2.53 bits per heavy atom. The molecule has 0 spiro atoms. The summed E-state index contributed by atoms with van der Waals surface area (Å²) in [4.78, 5) is 28.0. The Morgan fingerprint density at radius 2 is 1.76 bits per heavy atom. The number of hydrogen-bond acceptors (Lipinski definition) is 5. The van der Waals surface area contributed by atoms with E-state index in [1.54, 1.807) is 12.3 Å². The highest BCUT2D eigenvalue weighted by atomic mass is 16.6. The monoisotopic (exact) mass is 460 g/mol. The molecule has 1 aromatic heterocycles. The summed E-state index contributed by atoms with van der Waals surface area (Å²) in [6.07, 6.45) is 4.79. The molecular weight excluding hydrogens is 428 g/mol. The fraction of sp³-hybridized carbons (Fsp3) is 0.370. The van der Waals surface area contributed by atoms with E-state index in [4.69, 9.17) is 4.74 Å². The maximum atomic E-state index is 13.0. The number of benzene rings is 2. The van der Waals surface area contributed by atoms with Gasteiger partial charge in [-0.15, -0.1) is 0 Å². The zero-order valence-corrected chi connectivity index (χ0v) is 20.1. The summed E-state index contributed by atoms with van der Waals surface area (Å²) in [5.41, 5.74) is 3.12. The number of aromatic nitrogens is 2. The molecule has 0 saturated carbocycles. The molecule has 4 rings (SSSR count). The number of piperidine rings is 1. The van der Waals surface area contributed by atoms with Crippen molar-refractivity contribution in [3.8, 4) is 11.3 Å². The number of nitrogens with one attached hydrogen (secondary N) is 1. The van der Waals surface area contributed by atoms with Gasteiger partial charge in [-0.25, -0.2) is 4.79 Å². The molecule has 7 nitrogen and oxygen atoms in total. The van der Waals surface area contributed by atoms with Crippen LogP contribution in [0, 0.1) is 0 Å². The van der Waals surface area contributed by atoms with Crippen LogP contribution < -0.4 is 5.32 Å². The van der Waals surface area contributed by atoms with Gasteiger partial charge in [0.2, 0.25) is 0 Å². The van der Waals surface area contributed by atoms with Crippen molar-refractivity contribution < 1.29 is 14.3 Å². The summed E-state index contributed by atoms with van der Waals surface area (Å²) < 4.78 is 6.68. The number of amides is 1. The highest BCUT2D eigenvalue weighted by Gasteiger charge is 2.21. The Labute approximate surface area is 200 Å². The third-order valence-corrected chi connectivity index (χ3v) is 5.67. The van der Waals surface area contributed by atoms with Crippen LogP contribution in [0.2, 0.25) is 0 Å². The van der Waals surface area contributed by atoms with Gasteiger partial charge in [0.05, 0.1) is 11.9 Å². The quantitative estimate of drug-likeness (QED) is 0.539. The summed E-state index contributed by atoms with van der Waals surface area (Å²) >= 11 is 0. The third kappa shape index (κ3) is 6.11. The van der Waals surface area contributed by atoms with E-state index in [0.29, 0.717) is 16.9 Å². The number of carbonyl (C=O) groups excluding carboxylic acids is 2. The Morgan fingerprint density at radius 1 is 1.00 bits per heavy atom. The average Bonchev–Trinajstić information content (AvgIpc) is 3.29. The molecule has 1 aliphatic rings. The zero-order chi connectivity index (χ0) is 24.1. The van der Waals surface area contributed by atoms with Gasteiger partial charge in [-0.1, -0.05) is 30.7 Å². The predicted octanol–water partition coefficient (Wildman–Crippen LogP) is 5.57. The molecule has 1 aliphatic heterocycles. The second-order valence-electron chi connectivity index (χ2n) is 9.68. The molecule has 0 aliphatic carbocycles. The second kappa shape index (κ2) is 10.2. The summed E-state index contributed by atoms with van der Waals surface area (Å²) in [7, 11) is 0. The van der Waals surface area contributed by atoms with Gasteiger partial charge < -0.3 is 10.1 Å². The van der Waals surface area contributed by atoms with Gasteiger partial charge >= 0.3 is 6.09 Å². The molecule has 2 aromatic carbocycles. The van der Waals surface area contributed by atoms with Crippen molar-refractivity contribution >= 4 is 17.7 Å². The van der Waals surface area contributed by atoms with Gasteiger partial charge in [-0.3, -0.25) is 9.69 Å². The Bertz CT molecular complexity index is 1160. The summed E-state index contributed by atoms with van der Waals surface area (Å²) in [6, 6.07) is 16.9. The Balaban J connectivity index is 1.47. The first-order chi connectivity index (χ1) is 16.3. The second-order valence-corrected chi connectivity index (χ2v) is 9.68. The molecule has 1 N–H and O–H groups in total. The third-order valence-electron chi connectivity index (χ3n) is 5.67. The molecule has 7 heteroatoms. The normalized spacial score (nSPS) is 14.6. The average molecular weight is 461 g/mol. The van der Waals surface area contributed by atoms with Crippen molar-refractivity contribution in [2.75, 3.05) is 18.4 Å². The van der Waals surface area contributed by atoms with Crippen LogP contribution >= 0.6 is 0 Å². The first-order valence-electron chi connectivity index (χ1n) is 11.8. The topological polar surface area (TPSA) is 76.5 Å². The Hall–Kier alpha value is -3.45. The summed E-state index contributed by atoms with van der Waals surface area (Å²) in [5, 5.41) is 7.10. The summed E-state index contributed by atoms with van der Waals surface area (Å²) in [5.74, 6) is -0.168. The Kier molecular flexibility index (Phi) is 7.12. The van der Waals surface area contributed by atoms with Crippen molar-refractivity contribution in [3.05, 3.63) is 71.9 Å². The minimum Gasteiger partial charge on any atom is -0.442 e. The molecule has 0 atom stereocenters. The van der Waals surface area contributed by atoms with Gasteiger partial charge in [-0.2, -0.15) is 9.78 Å². The van der Waals surface area contributed by atoms with Gasteiger partial charge in [-0.05, 0) is 82.6 Å². The standard InChI is InChI=1S/C27H32N4O3/c1-27(2,3)34-26(33)31-24(13-14-28-31)21-10-8-12-23(18-21)29-25(32)22-11-7-9-20(17-22)19-30-15-5-4-6-16-30/h7-14,17-18H,4-6,15-16,19H2,1-3H3,(H,29,32). The highest BCUT2D eigenvalue weighted by molar-refractivity contribution is 6.04. The lowest BCUT2D eigenvalue weighted by molar-refractivity contribution is 0.0517. The minimum absolute atomic E-state index is 0.168. The van der Waals surface area contributed by atoms with Crippen molar-refractivity contribution in [2.45, 2.75) is 52.2 Å². The van der Waals surface area contributed by atoms with Crippen LogP contribution in [0.25, 0.3) is 11.3 Å². The number of carbonyl (C=O) groups is 2. The number of ether oxygens (including phenoxy) is 1. The fourth-order valence-corrected chi connectivity index (χ4v) is 4.12. The van der Waals surface area contributed by atoms with E-state index in [2.05, 4.69) is 21.4 Å². The maximum absolute atomic E-state index is 13.0. The van der Waals surface area contributed by atoms with Crippen LogP contribution in [-0.2, 0) is 11.3 Å². The smallest absolute Gasteiger partial charge is 0.435 e. The van der Waals surface area contributed by atoms with Gasteiger partial charge in [0.1, 0.15) is 5.60 Å². The van der Waals surface area contributed by atoms with Crippen molar-refractivity contribution in [3.63, 3.8) is 0 Å². The van der Waals surface area contributed by atoms with Gasteiger partial charge in [0.15, 0.2) is 0 Å². The van der Waals surface area contributed by atoms with Gasteiger partial charge in [0.25, 0.3) is 5.91 Å². The van der Waals surface area contributed by atoms with E-state index in [0.717, 1.165) is 30.8 Å². The minimum atomic E-state index is -0.626. The lowest BCUT2D eigenvalue weighted by Gasteiger charge is -2.26. The molecule has 34 heavy (non-hydrogen) atoms. The van der Waals surface area contributed by atoms with E-state index in [1.165, 1.54) is 23.9 Å². The number of nitrogens with zero attached hydrogens (tertiary/aromatic N) is 3. The first kappa shape index (κ1) is 23.7. The van der Waals surface area contributed by atoms with Gasteiger partial charge in [0, 0.05) is 23.4 Å². The highest BCUT2D eigenvalue weighted by Crippen LogP contribution is 2.24. The lowest BCUT2D eigenvalue weighted by atomic mass is 10.1. The van der Waals surface area contributed by atoms with E-state index in [1.807, 2.05) is 63.2 Å². The maximum Gasteiger partial charge on any atom is 0.435 e. The van der Waals surface area contributed by atoms with Crippen LogP contribution in [0.1, 0.15) is 56.0 Å². The molecule has 2 heterocycles. The lowest BCUT2D eigenvalue weighted by Crippen LogP contribution is -2.29. The molecule has 0 radical (unpaired) electrons. The molecule has 0 bridgehead atoms. The summed E-state index contributed by atoms with van der Waals surface area (Å²) in [6.45, 7) is 8.53. The van der Waals surface area contributed by atoms with Crippen molar-refractivity contribution in [1.82, 2.24) is 14.7 Å². The van der Waals surface area contributed by atoms with E-state index in [-0.39, 0.29) is 5.91 Å². The molecule has 1 amide bonds. The van der Waals surface area contributed by atoms with Crippen LogP contribution in [0.15, 0.2) is 60.8 Å². The van der Waals surface area contributed by atoms with Crippen molar-refractivity contribution in [1.29, 1.82) is 0 Å². The van der Waals surface area contributed by atoms with Crippen LogP contribution in [0.5, 0.6) is 0 Å². The largest absolute Gasteiger partial charge is 0.442 e. The van der Waals surface area contributed by atoms with E-state index in [9.17, 15) is 9.59 Å². The van der Waals surface area contributed by atoms with Crippen molar-refractivity contribution in [2.24, 2.45) is 0 Å². The number of hydrogen-bond donors (Lipinski definition) is 1. The zero-order valence-electron chi connectivity index (χ0n) is 20.1. The van der Waals surface area contributed by atoms with E-state index < -0.39 is 11.7 Å². The molecule has 1 saturated heterocycles. The van der Waals surface area contributed by atoms with Crippen LogP contribution in [-0.4, -0.2) is 45.4 Å². The predicted molar refractivity (Wildman–Crippen MR) is 133 cm³/mol. The molecule has 0 unspecified atom stereocenters. The SMILES string of the molecule is CC(C)(C)OC(=O)n1nccc1-c1cccc(NC(=O)c2cccc(CN3CCCCC3)c2)c1. The number of anilines is 1. The van der Waals surface area contributed by atoms with Crippen LogP contribution in [0.4, 0.5) is 10.5 Å². The molecule has 178 valence electrons. The van der Waals surface area contributed by atoms with E-state index >= 15 is 0 Å². The van der Waals surface area contributed by atoms with Crippen LogP contribution in [0.3, 0.4) is 0 Å². The first-order valence-corrected chi connectivity index (χ1v) is 11.8. The molecular formula is C27H32N4O3. The fourth-order valence-electron chi connectivity index (χ4n) is 4.12.